The Labute approximate surface area is 117 Å². The van der Waals surface area contributed by atoms with E-state index in [0.717, 1.165) is 38.5 Å². The van der Waals surface area contributed by atoms with Crippen molar-refractivity contribution in [3.8, 4) is 0 Å². The van der Waals surface area contributed by atoms with Gasteiger partial charge in [-0.1, -0.05) is 12.8 Å². The summed E-state index contributed by atoms with van der Waals surface area (Å²) in [6, 6.07) is 0.197. The van der Waals surface area contributed by atoms with Gasteiger partial charge in [-0.15, -0.1) is 0 Å². The monoisotopic (exact) mass is 289 g/mol. The highest BCUT2D eigenvalue weighted by atomic mass is 32.2. The SMILES string of the molecule is CC1CCCC(C)N1S(=O)(=O)N1CCCCC1CN. The molecule has 2 heterocycles. The standard InChI is InChI=1S/C13H27N3O2S/c1-11-6-5-7-12(2)16(11)19(17,18)15-9-4-3-8-13(15)10-14/h11-13H,3-10,14H2,1-2H3. The molecule has 0 aliphatic carbocycles. The van der Waals surface area contributed by atoms with Gasteiger partial charge in [0.15, 0.2) is 0 Å². The van der Waals surface area contributed by atoms with Gasteiger partial charge in [-0.3, -0.25) is 0 Å². The van der Waals surface area contributed by atoms with Crippen LogP contribution in [0.15, 0.2) is 0 Å². The van der Waals surface area contributed by atoms with E-state index in [2.05, 4.69) is 0 Å². The van der Waals surface area contributed by atoms with E-state index < -0.39 is 10.2 Å². The second kappa shape index (κ2) is 6.08. The van der Waals surface area contributed by atoms with Gasteiger partial charge in [0.05, 0.1) is 0 Å². The molecule has 3 atom stereocenters. The van der Waals surface area contributed by atoms with Crippen LogP contribution in [0.3, 0.4) is 0 Å². The number of hydrogen-bond acceptors (Lipinski definition) is 3. The predicted molar refractivity (Wildman–Crippen MR) is 76.9 cm³/mol. The molecule has 2 aliphatic rings. The number of nitrogens with two attached hydrogens (primary N) is 1. The van der Waals surface area contributed by atoms with Gasteiger partial charge in [-0.25, -0.2) is 0 Å². The number of piperidine rings is 2. The van der Waals surface area contributed by atoms with E-state index in [1.165, 1.54) is 0 Å². The highest BCUT2D eigenvalue weighted by Crippen LogP contribution is 2.30. The van der Waals surface area contributed by atoms with Crippen molar-refractivity contribution in [2.45, 2.75) is 70.5 Å². The zero-order valence-corrected chi connectivity index (χ0v) is 12.9. The summed E-state index contributed by atoms with van der Waals surface area (Å²) in [5.74, 6) is 0. The Morgan fingerprint density at radius 3 is 2.26 bits per heavy atom. The molecular weight excluding hydrogens is 262 g/mol. The Morgan fingerprint density at radius 1 is 1.05 bits per heavy atom. The quantitative estimate of drug-likeness (QED) is 0.852. The number of nitrogens with zero attached hydrogens (tertiary/aromatic N) is 2. The fourth-order valence-corrected chi connectivity index (χ4v) is 5.78. The molecule has 5 nitrogen and oxygen atoms in total. The lowest BCUT2D eigenvalue weighted by Crippen LogP contribution is -2.58. The molecule has 0 aromatic carbocycles. The molecule has 2 aliphatic heterocycles. The average molecular weight is 289 g/mol. The van der Waals surface area contributed by atoms with Crippen LogP contribution in [-0.2, 0) is 10.2 Å². The van der Waals surface area contributed by atoms with Crippen LogP contribution in [0.1, 0.15) is 52.4 Å². The minimum absolute atomic E-state index is 0.0138. The Hall–Kier alpha value is -0.170. The van der Waals surface area contributed by atoms with Crippen LogP contribution < -0.4 is 5.73 Å². The van der Waals surface area contributed by atoms with E-state index in [0.29, 0.717) is 13.1 Å². The number of hydrogen-bond donors (Lipinski definition) is 1. The summed E-state index contributed by atoms with van der Waals surface area (Å²) in [5, 5.41) is 0. The topological polar surface area (TPSA) is 66.6 Å². The maximum atomic E-state index is 12.9. The molecule has 2 rings (SSSR count). The minimum atomic E-state index is -3.36. The molecule has 0 aromatic rings. The maximum absolute atomic E-state index is 12.9. The number of rotatable bonds is 3. The summed E-state index contributed by atoms with van der Waals surface area (Å²) >= 11 is 0. The van der Waals surface area contributed by atoms with Crippen molar-refractivity contribution >= 4 is 10.2 Å². The smallest absolute Gasteiger partial charge is 0.282 e. The molecule has 0 bridgehead atoms. The molecule has 2 N–H and O–H groups in total. The van der Waals surface area contributed by atoms with E-state index in [1.54, 1.807) is 8.61 Å². The zero-order valence-electron chi connectivity index (χ0n) is 12.1. The van der Waals surface area contributed by atoms with Crippen LogP contribution in [0.2, 0.25) is 0 Å². The average Bonchev–Trinajstić information content (AvgIpc) is 2.38. The molecule has 0 amide bonds. The van der Waals surface area contributed by atoms with Crippen LogP contribution in [0.4, 0.5) is 0 Å². The fraction of sp³-hybridized carbons (Fsp3) is 1.00. The normalized spacial score (nSPS) is 35.4. The third kappa shape index (κ3) is 2.96. The Morgan fingerprint density at radius 2 is 1.68 bits per heavy atom. The molecule has 0 spiro atoms. The lowest BCUT2D eigenvalue weighted by atomic mass is 10.0. The summed E-state index contributed by atoms with van der Waals surface area (Å²) < 4.78 is 29.2. The van der Waals surface area contributed by atoms with Gasteiger partial charge in [0, 0.05) is 31.2 Å². The summed E-state index contributed by atoms with van der Waals surface area (Å²) in [6.07, 6.45) is 5.97. The van der Waals surface area contributed by atoms with E-state index in [-0.39, 0.29) is 18.1 Å². The van der Waals surface area contributed by atoms with E-state index in [9.17, 15) is 8.42 Å². The van der Waals surface area contributed by atoms with Crippen molar-refractivity contribution in [2.75, 3.05) is 13.1 Å². The van der Waals surface area contributed by atoms with Crippen LogP contribution in [0.5, 0.6) is 0 Å². The first-order chi connectivity index (χ1) is 8.98. The van der Waals surface area contributed by atoms with Crippen LogP contribution in [0.25, 0.3) is 0 Å². The first-order valence-electron chi connectivity index (χ1n) is 7.49. The van der Waals surface area contributed by atoms with Gasteiger partial charge in [-0.05, 0) is 39.5 Å². The van der Waals surface area contributed by atoms with Crippen molar-refractivity contribution < 1.29 is 8.42 Å². The predicted octanol–water partition coefficient (Wildman–Crippen LogP) is 1.31. The summed E-state index contributed by atoms with van der Waals surface area (Å²) in [6.45, 7) is 5.10. The van der Waals surface area contributed by atoms with Gasteiger partial charge >= 0.3 is 0 Å². The molecule has 0 radical (unpaired) electrons. The lowest BCUT2D eigenvalue weighted by Gasteiger charge is -2.43. The van der Waals surface area contributed by atoms with Crippen LogP contribution in [-0.4, -0.2) is 48.2 Å². The third-order valence-electron chi connectivity index (χ3n) is 4.52. The largest absolute Gasteiger partial charge is 0.329 e. The first-order valence-corrected chi connectivity index (χ1v) is 8.88. The molecule has 6 heteroatoms. The molecule has 2 saturated heterocycles. The van der Waals surface area contributed by atoms with E-state index >= 15 is 0 Å². The van der Waals surface area contributed by atoms with E-state index in [4.69, 9.17) is 5.73 Å². The second-order valence-corrected chi connectivity index (χ2v) is 7.75. The van der Waals surface area contributed by atoms with Crippen LogP contribution >= 0.6 is 0 Å². The second-order valence-electron chi connectivity index (χ2n) is 5.96. The first kappa shape index (κ1) is 15.2. The van der Waals surface area contributed by atoms with Crippen molar-refractivity contribution in [1.29, 1.82) is 0 Å². The van der Waals surface area contributed by atoms with E-state index in [1.807, 2.05) is 13.8 Å². The van der Waals surface area contributed by atoms with Gasteiger partial charge in [0.1, 0.15) is 0 Å². The summed E-state index contributed by atoms with van der Waals surface area (Å²) in [5.41, 5.74) is 5.76. The van der Waals surface area contributed by atoms with Crippen molar-refractivity contribution in [1.82, 2.24) is 8.61 Å². The van der Waals surface area contributed by atoms with Crippen LogP contribution in [0, 0.1) is 0 Å². The molecule has 112 valence electrons. The third-order valence-corrected chi connectivity index (χ3v) is 6.85. The Bertz CT molecular complexity index is 389. The highest BCUT2D eigenvalue weighted by Gasteiger charge is 2.41. The molecule has 2 fully saturated rings. The molecule has 19 heavy (non-hydrogen) atoms. The van der Waals surface area contributed by atoms with Crippen molar-refractivity contribution in [3.63, 3.8) is 0 Å². The van der Waals surface area contributed by atoms with Gasteiger partial charge in [0.2, 0.25) is 0 Å². The molecule has 0 saturated carbocycles. The highest BCUT2D eigenvalue weighted by molar-refractivity contribution is 7.86. The lowest BCUT2D eigenvalue weighted by molar-refractivity contribution is 0.169. The molecule has 3 unspecified atom stereocenters. The van der Waals surface area contributed by atoms with Gasteiger partial charge in [-0.2, -0.15) is 17.0 Å². The molecule has 0 aromatic heterocycles. The maximum Gasteiger partial charge on any atom is 0.282 e. The summed E-state index contributed by atoms with van der Waals surface area (Å²) in [7, 11) is -3.36. The summed E-state index contributed by atoms with van der Waals surface area (Å²) in [4.78, 5) is 0. The Balaban J connectivity index is 2.24. The zero-order chi connectivity index (χ0) is 14.0. The van der Waals surface area contributed by atoms with Gasteiger partial charge in [0.25, 0.3) is 10.2 Å². The van der Waals surface area contributed by atoms with Crippen molar-refractivity contribution in [2.24, 2.45) is 5.73 Å². The van der Waals surface area contributed by atoms with Crippen molar-refractivity contribution in [3.05, 3.63) is 0 Å². The molecular formula is C13H27N3O2S. The Kier molecular flexibility index (Phi) is 4.87. The fourth-order valence-electron chi connectivity index (χ4n) is 3.49. The minimum Gasteiger partial charge on any atom is -0.329 e. The van der Waals surface area contributed by atoms with Gasteiger partial charge < -0.3 is 5.73 Å².